The molecule has 3 rings (SSSR count). The molecule has 216 valence electrons. The number of aliphatic hydroxyl groups excluding tert-OH is 8. The standard InChI is InChI=1S/C21H37NO15/c1-6-11(26)14(29)17(32-3)20(33-6)37-18-15(30)12(27)8(4-23)35-21(18)36-16-9(5-24)34-19(31)10(13(16)28)22-7(2)25/h6,8-21,23-24,26-31H,4-5H2,1-3H3,(H,22,25)/t6-,8+,9+,10+,11+,12-,13+,14+,15-,16+,17-,18+,19+,20-,21-/m0/s1. The quantitative estimate of drug-likeness (QED) is 0.138. The highest BCUT2D eigenvalue weighted by Gasteiger charge is 2.53. The molecule has 0 spiro atoms. The molecule has 0 aromatic carbocycles. The summed E-state index contributed by atoms with van der Waals surface area (Å²) in [6.07, 6.45) is -20.5. The van der Waals surface area contributed by atoms with Crippen LogP contribution in [0.3, 0.4) is 0 Å². The van der Waals surface area contributed by atoms with Gasteiger partial charge in [-0.25, -0.2) is 0 Å². The molecule has 0 unspecified atom stereocenters. The van der Waals surface area contributed by atoms with E-state index in [0.717, 1.165) is 6.92 Å². The summed E-state index contributed by atoms with van der Waals surface area (Å²) in [5.41, 5.74) is 0. The summed E-state index contributed by atoms with van der Waals surface area (Å²) < 4.78 is 33.3. The lowest BCUT2D eigenvalue weighted by Gasteiger charge is -2.48. The van der Waals surface area contributed by atoms with E-state index in [1.807, 2.05) is 0 Å². The number of methoxy groups -OCH3 is 1. The highest BCUT2D eigenvalue weighted by molar-refractivity contribution is 5.73. The van der Waals surface area contributed by atoms with E-state index in [-0.39, 0.29) is 0 Å². The molecule has 15 atom stereocenters. The van der Waals surface area contributed by atoms with Crippen LogP contribution in [0.15, 0.2) is 0 Å². The van der Waals surface area contributed by atoms with E-state index in [9.17, 15) is 45.6 Å². The van der Waals surface area contributed by atoms with Gasteiger partial charge in [0.2, 0.25) is 5.91 Å². The molecule has 3 heterocycles. The van der Waals surface area contributed by atoms with E-state index in [2.05, 4.69) is 5.32 Å². The third kappa shape index (κ3) is 6.39. The van der Waals surface area contributed by atoms with Gasteiger partial charge in [-0.1, -0.05) is 0 Å². The molecule has 0 aliphatic carbocycles. The fraction of sp³-hybridized carbons (Fsp3) is 0.952. The minimum atomic E-state index is -1.76. The van der Waals surface area contributed by atoms with Crippen molar-refractivity contribution >= 4 is 5.91 Å². The monoisotopic (exact) mass is 543 g/mol. The van der Waals surface area contributed by atoms with E-state index in [1.165, 1.54) is 14.0 Å². The number of carbonyl (C=O) groups excluding carboxylic acids is 1. The molecular weight excluding hydrogens is 506 g/mol. The molecule has 37 heavy (non-hydrogen) atoms. The third-order valence-electron chi connectivity index (χ3n) is 6.71. The summed E-state index contributed by atoms with van der Waals surface area (Å²) >= 11 is 0. The Morgan fingerprint density at radius 1 is 0.757 bits per heavy atom. The molecule has 0 aromatic rings. The van der Waals surface area contributed by atoms with E-state index in [0.29, 0.717) is 0 Å². The largest absolute Gasteiger partial charge is 0.394 e. The van der Waals surface area contributed by atoms with Crippen LogP contribution in [0.1, 0.15) is 13.8 Å². The van der Waals surface area contributed by atoms with Crippen LogP contribution in [-0.2, 0) is 33.2 Å². The van der Waals surface area contributed by atoms with Crippen molar-refractivity contribution in [1.82, 2.24) is 5.32 Å². The van der Waals surface area contributed by atoms with Gasteiger partial charge >= 0.3 is 0 Å². The first-order chi connectivity index (χ1) is 17.4. The first kappa shape index (κ1) is 30.5. The van der Waals surface area contributed by atoms with Crippen molar-refractivity contribution in [2.75, 3.05) is 20.3 Å². The van der Waals surface area contributed by atoms with Gasteiger partial charge in [0.1, 0.15) is 67.1 Å². The third-order valence-corrected chi connectivity index (χ3v) is 6.71. The summed E-state index contributed by atoms with van der Waals surface area (Å²) in [4.78, 5) is 11.5. The topological polar surface area (TPSA) is 246 Å². The van der Waals surface area contributed by atoms with Crippen molar-refractivity contribution in [2.24, 2.45) is 0 Å². The summed E-state index contributed by atoms with van der Waals surface area (Å²) in [6, 6.07) is -1.37. The van der Waals surface area contributed by atoms with Crippen LogP contribution in [0.4, 0.5) is 0 Å². The Hall–Kier alpha value is -1.09. The predicted octanol–water partition coefficient (Wildman–Crippen LogP) is -5.75. The summed E-state index contributed by atoms with van der Waals surface area (Å²) in [6.45, 7) is 1.13. The van der Waals surface area contributed by atoms with Gasteiger partial charge in [0.15, 0.2) is 18.9 Å². The lowest BCUT2D eigenvalue weighted by atomic mass is 9.95. The van der Waals surface area contributed by atoms with Crippen molar-refractivity contribution in [3.05, 3.63) is 0 Å². The van der Waals surface area contributed by atoms with Crippen LogP contribution in [0.2, 0.25) is 0 Å². The number of aliphatic hydroxyl groups is 8. The SMILES string of the molecule is CO[C@@H]1[C@H](O[C@H]2[C@H](O[C@H]3[C@H](O)[C@@H](NC(C)=O)[C@H](O)O[C@@H]3CO)O[C@H](CO)[C@H](O)[C@@H]2O)O[C@@H](C)[C@@H](O)[C@H]1O. The van der Waals surface area contributed by atoms with Gasteiger partial charge in [-0.3, -0.25) is 4.79 Å². The maximum atomic E-state index is 11.5. The average Bonchev–Trinajstić information content (AvgIpc) is 2.85. The molecule has 0 saturated carbocycles. The van der Waals surface area contributed by atoms with E-state index in [1.54, 1.807) is 0 Å². The number of hydrogen-bond donors (Lipinski definition) is 9. The van der Waals surface area contributed by atoms with Gasteiger partial charge in [-0.05, 0) is 6.92 Å². The normalized spacial score (nSPS) is 49.0. The Bertz CT molecular complexity index is 747. The van der Waals surface area contributed by atoms with Crippen molar-refractivity contribution < 1.29 is 74.1 Å². The zero-order valence-corrected chi connectivity index (χ0v) is 20.5. The van der Waals surface area contributed by atoms with Crippen molar-refractivity contribution in [3.8, 4) is 0 Å². The molecule has 16 nitrogen and oxygen atoms in total. The number of amides is 1. The van der Waals surface area contributed by atoms with Crippen LogP contribution in [0.5, 0.6) is 0 Å². The molecule has 9 N–H and O–H groups in total. The molecular formula is C21H37NO15. The molecule has 3 aliphatic rings. The maximum Gasteiger partial charge on any atom is 0.217 e. The van der Waals surface area contributed by atoms with Gasteiger partial charge in [-0.15, -0.1) is 0 Å². The minimum absolute atomic E-state index is 0.600. The maximum absolute atomic E-state index is 11.5. The van der Waals surface area contributed by atoms with Crippen molar-refractivity contribution in [2.45, 2.75) is 106 Å². The van der Waals surface area contributed by atoms with E-state index >= 15 is 0 Å². The smallest absolute Gasteiger partial charge is 0.217 e. The van der Waals surface area contributed by atoms with Gasteiger partial charge in [-0.2, -0.15) is 0 Å². The fourth-order valence-corrected chi connectivity index (χ4v) is 4.62. The lowest BCUT2D eigenvalue weighted by molar-refractivity contribution is -0.383. The number of carbonyl (C=O) groups is 1. The fourth-order valence-electron chi connectivity index (χ4n) is 4.62. The van der Waals surface area contributed by atoms with Crippen LogP contribution in [-0.4, -0.2) is 159 Å². The second kappa shape index (κ2) is 12.8. The molecule has 3 aliphatic heterocycles. The highest BCUT2D eigenvalue weighted by Crippen LogP contribution is 2.33. The van der Waals surface area contributed by atoms with Crippen LogP contribution in [0.25, 0.3) is 0 Å². The molecule has 1 amide bonds. The molecule has 0 bridgehead atoms. The van der Waals surface area contributed by atoms with Gasteiger partial charge in [0, 0.05) is 14.0 Å². The Labute approximate surface area is 212 Å². The zero-order valence-electron chi connectivity index (χ0n) is 20.5. The van der Waals surface area contributed by atoms with Crippen LogP contribution < -0.4 is 5.32 Å². The van der Waals surface area contributed by atoms with Crippen molar-refractivity contribution in [1.29, 1.82) is 0 Å². The second-order valence-corrected chi connectivity index (χ2v) is 9.26. The summed E-state index contributed by atoms with van der Waals surface area (Å²) in [5, 5.41) is 84.5. The lowest BCUT2D eigenvalue weighted by Crippen LogP contribution is -2.68. The predicted molar refractivity (Wildman–Crippen MR) is 116 cm³/mol. The molecule has 0 aromatic heterocycles. The molecule has 16 heteroatoms. The Balaban J connectivity index is 1.88. The molecule has 0 radical (unpaired) electrons. The zero-order chi connectivity index (χ0) is 27.6. The number of hydrogen-bond acceptors (Lipinski definition) is 15. The Morgan fingerprint density at radius 2 is 1.32 bits per heavy atom. The Morgan fingerprint density at radius 3 is 1.89 bits per heavy atom. The average molecular weight is 544 g/mol. The van der Waals surface area contributed by atoms with Crippen molar-refractivity contribution in [3.63, 3.8) is 0 Å². The number of ether oxygens (including phenoxy) is 6. The van der Waals surface area contributed by atoms with Crippen LogP contribution >= 0.6 is 0 Å². The van der Waals surface area contributed by atoms with Gasteiger partial charge < -0.3 is 74.6 Å². The van der Waals surface area contributed by atoms with Crippen LogP contribution in [0, 0.1) is 0 Å². The minimum Gasteiger partial charge on any atom is -0.394 e. The molecule has 3 fully saturated rings. The first-order valence-electron chi connectivity index (χ1n) is 11.8. The number of nitrogens with one attached hydrogen (secondary N) is 1. The van der Waals surface area contributed by atoms with E-state index in [4.69, 9.17) is 28.4 Å². The molecule has 3 saturated heterocycles. The highest BCUT2D eigenvalue weighted by atomic mass is 16.8. The van der Waals surface area contributed by atoms with E-state index < -0.39 is 111 Å². The summed E-state index contributed by atoms with van der Waals surface area (Å²) in [5.74, 6) is -0.600. The van der Waals surface area contributed by atoms with Gasteiger partial charge in [0.25, 0.3) is 0 Å². The first-order valence-corrected chi connectivity index (χ1v) is 11.8. The van der Waals surface area contributed by atoms with Gasteiger partial charge in [0.05, 0.1) is 19.3 Å². The number of rotatable bonds is 8. The summed E-state index contributed by atoms with van der Waals surface area (Å²) in [7, 11) is 1.23. The Kier molecular flexibility index (Phi) is 10.6. The second-order valence-electron chi connectivity index (χ2n) is 9.26.